The predicted octanol–water partition coefficient (Wildman–Crippen LogP) is -0.251. The third kappa shape index (κ3) is 3.90. The van der Waals surface area contributed by atoms with Crippen LogP contribution in [0.25, 0.3) is 11.3 Å². The van der Waals surface area contributed by atoms with Crippen molar-refractivity contribution in [2.45, 2.75) is 18.9 Å². The number of nitrogens with two attached hydrogens (primary N) is 1. The summed E-state index contributed by atoms with van der Waals surface area (Å²) in [5, 5.41) is 0. The zero-order chi connectivity index (χ0) is 21.6. The van der Waals surface area contributed by atoms with Gasteiger partial charge >= 0.3 is 0 Å². The summed E-state index contributed by atoms with van der Waals surface area (Å²) in [4.78, 5) is 22.5. The highest BCUT2D eigenvalue weighted by Gasteiger charge is 2.37. The lowest BCUT2D eigenvalue weighted by atomic mass is 10.1. The van der Waals surface area contributed by atoms with Gasteiger partial charge in [0.05, 0.1) is 25.2 Å². The minimum Gasteiger partial charge on any atom is -0.378 e. The van der Waals surface area contributed by atoms with E-state index in [1.165, 1.54) is 6.26 Å². The normalized spacial score (nSPS) is 22.2. The molecule has 2 aromatic rings. The molecule has 0 bridgehead atoms. The van der Waals surface area contributed by atoms with E-state index in [0.29, 0.717) is 32.3 Å². The van der Waals surface area contributed by atoms with E-state index in [0.717, 1.165) is 55.1 Å². The van der Waals surface area contributed by atoms with Crippen LogP contribution < -0.4 is 15.5 Å². The number of nitrogen functional groups attached to an aromatic ring is 1. The van der Waals surface area contributed by atoms with E-state index in [1.54, 1.807) is 16.7 Å². The first-order chi connectivity index (χ1) is 14.9. The molecule has 31 heavy (non-hydrogen) atoms. The number of nitrogens with zero attached hydrogens (tertiary/aromatic N) is 7. The molecule has 2 saturated heterocycles. The van der Waals surface area contributed by atoms with Gasteiger partial charge in [-0.2, -0.15) is 4.98 Å². The van der Waals surface area contributed by atoms with E-state index in [9.17, 15) is 8.42 Å². The molecule has 0 unspecified atom stereocenters. The van der Waals surface area contributed by atoms with Crippen molar-refractivity contribution in [3.05, 3.63) is 18.0 Å². The molecule has 1 atom stereocenters. The Hall–Kier alpha value is -2.57. The Morgan fingerprint density at radius 3 is 2.52 bits per heavy atom. The van der Waals surface area contributed by atoms with Crippen LogP contribution in [0.1, 0.15) is 12.0 Å². The van der Waals surface area contributed by atoms with E-state index in [1.807, 2.05) is 0 Å². The summed E-state index contributed by atoms with van der Waals surface area (Å²) in [6, 6.07) is 0.0962. The Kier molecular flexibility index (Phi) is 5.15. The van der Waals surface area contributed by atoms with E-state index >= 15 is 0 Å². The molecule has 11 nitrogen and oxygen atoms in total. The van der Waals surface area contributed by atoms with Crippen molar-refractivity contribution in [2.75, 3.05) is 67.7 Å². The molecule has 3 aliphatic rings. The summed E-state index contributed by atoms with van der Waals surface area (Å²) < 4.78 is 31.0. The topological polar surface area (TPSA) is 131 Å². The molecule has 0 radical (unpaired) electrons. The van der Waals surface area contributed by atoms with Crippen LogP contribution in [0.2, 0.25) is 0 Å². The lowest BCUT2D eigenvalue weighted by molar-refractivity contribution is 0.122. The number of aromatic nitrogens is 4. The minimum absolute atomic E-state index is 0.0962. The molecule has 3 aliphatic heterocycles. The minimum atomic E-state index is -3.20. The second kappa shape index (κ2) is 7.84. The Morgan fingerprint density at radius 1 is 1.10 bits per heavy atom. The van der Waals surface area contributed by atoms with Crippen LogP contribution in [0, 0.1) is 0 Å². The largest absolute Gasteiger partial charge is 0.378 e. The third-order valence-electron chi connectivity index (χ3n) is 6.12. The molecule has 2 N–H and O–H groups in total. The first-order valence-electron chi connectivity index (χ1n) is 10.4. The van der Waals surface area contributed by atoms with E-state index < -0.39 is 10.0 Å². The standard InChI is InChI=1S/C19H26N8O3S/c1-31(28,29)26-4-2-14(12-26)27-5-3-15-16(13-10-21-18(20)22-11-13)23-19(24-17(15)27)25-6-8-30-9-7-25/h10-11,14H,2-9,12H2,1H3,(H2,20,21,22)/t14-/m0/s1. The van der Waals surface area contributed by atoms with Gasteiger partial charge in [0.25, 0.3) is 0 Å². The fourth-order valence-electron chi connectivity index (χ4n) is 4.49. The second-order valence-corrected chi connectivity index (χ2v) is 10.1. The molecule has 0 aliphatic carbocycles. The summed E-state index contributed by atoms with van der Waals surface area (Å²) in [5.41, 5.74) is 8.33. The van der Waals surface area contributed by atoms with Crippen LogP contribution in [0.5, 0.6) is 0 Å². The van der Waals surface area contributed by atoms with Gasteiger partial charge in [0.1, 0.15) is 5.82 Å². The van der Waals surface area contributed by atoms with Crippen molar-refractivity contribution in [3.63, 3.8) is 0 Å². The highest BCUT2D eigenvalue weighted by molar-refractivity contribution is 7.88. The summed E-state index contributed by atoms with van der Waals surface area (Å²) in [5.74, 6) is 1.75. The van der Waals surface area contributed by atoms with Gasteiger partial charge in [0.15, 0.2) is 0 Å². The van der Waals surface area contributed by atoms with Gasteiger partial charge in [-0.1, -0.05) is 0 Å². The maximum Gasteiger partial charge on any atom is 0.228 e. The Labute approximate surface area is 181 Å². The Morgan fingerprint density at radius 2 is 1.84 bits per heavy atom. The van der Waals surface area contributed by atoms with Gasteiger partial charge in [-0.05, 0) is 12.8 Å². The van der Waals surface area contributed by atoms with Crippen LogP contribution in [0.3, 0.4) is 0 Å². The number of rotatable bonds is 4. The smallest absolute Gasteiger partial charge is 0.228 e. The number of anilines is 3. The zero-order valence-corrected chi connectivity index (χ0v) is 18.3. The van der Waals surface area contributed by atoms with Crippen molar-refractivity contribution >= 4 is 27.7 Å². The molecule has 0 saturated carbocycles. The first-order valence-corrected chi connectivity index (χ1v) is 12.3. The number of morpholine rings is 1. The quantitative estimate of drug-likeness (QED) is 0.671. The molecule has 12 heteroatoms. The molecule has 0 amide bonds. The average Bonchev–Trinajstić information content (AvgIpc) is 3.41. The zero-order valence-electron chi connectivity index (χ0n) is 17.4. The summed E-state index contributed by atoms with van der Waals surface area (Å²) >= 11 is 0. The summed E-state index contributed by atoms with van der Waals surface area (Å²) in [6.45, 7) is 4.52. The SMILES string of the molecule is CS(=O)(=O)N1CC[C@H](N2CCc3c(-c4cnc(N)nc4)nc(N4CCOCC4)nc32)C1. The summed E-state index contributed by atoms with van der Waals surface area (Å²) in [6.07, 6.45) is 6.22. The molecule has 5 rings (SSSR count). The highest BCUT2D eigenvalue weighted by Crippen LogP contribution is 2.37. The fraction of sp³-hybridized carbons (Fsp3) is 0.579. The van der Waals surface area contributed by atoms with Crippen molar-refractivity contribution in [1.29, 1.82) is 0 Å². The van der Waals surface area contributed by atoms with Gasteiger partial charge in [-0.25, -0.2) is 27.7 Å². The number of fused-ring (bicyclic) bond motifs is 1. The van der Waals surface area contributed by atoms with Crippen LogP contribution in [-0.4, -0.2) is 90.9 Å². The first kappa shape index (κ1) is 20.3. The average molecular weight is 447 g/mol. The lowest BCUT2D eigenvalue weighted by Gasteiger charge is -2.30. The van der Waals surface area contributed by atoms with Crippen molar-refractivity contribution in [1.82, 2.24) is 24.2 Å². The molecule has 2 aromatic heterocycles. The van der Waals surface area contributed by atoms with Gasteiger partial charge < -0.3 is 20.3 Å². The maximum absolute atomic E-state index is 12.0. The number of ether oxygens (including phenoxy) is 1. The molecule has 166 valence electrons. The highest BCUT2D eigenvalue weighted by atomic mass is 32.2. The van der Waals surface area contributed by atoms with E-state index in [2.05, 4.69) is 19.8 Å². The number of hydrogen-bond acceptors (Lipinski definition) is 10. The molecule has 0 spiro atoms. The fourth-order valence-corrected chi connectivity index (χ4v) is 5.37. The van der Waals surface area contributed by atoms with Gasteiger partial charge in [0.2, 0.25) is 21.9 Å². The third-order valence-corrected chi connectivity index (χ3v) is 7.39. The molecule has 5 heterocycles. The Balaban J connectivity index is 1.54. The molecule has 2 fully saturated rings. The van der Waals surface area contributed by atoms with Crippen LogP contribution in [-0.2, 0) is 21.2 Å². The van der Waals surface area contributed by atoms with Gasteiger partial charge in [-0.15, -0.1) is 0 Å². The monoisotopic (exact) mass is 446 g/mol. The van der Waals surface area contributed by atoms with Crippen LogP contribution in [0.4, 0.5) is 17.7 Å². The van der Waals surface area contributed by atoms with Gasteiger partial charge in [-0.3, -0.25) is 0 Å². The van der Waals surface area contributed by atoms with E-state index in [-0.39, 0.29) is 12.0 Å². The second-order valence-electron chi connectivity index (χ2n) is 8.11. The molecule has 0 aromatic carbocycles. The maximum atomic E-state index is 12.0. The van der Waals surface area contributed by atoms with Crippen LogP contribution in [0.15, 0.2) is 12.4 Å². The van der Waals surface area contributed by atoms with Gasteiger partial charge in [0, 0.05) is 62.3 Å². The van der Waals surface area contributed by atoms with Crippen LogP contribution >= 0.6 is 0 Å². The van der Waals surface area contributed by atoms with E-state index in [4.69, 9.17) is 20.4 Å². The van der Waals surface area contributed by atoms with Crippen molar-refractivity contribution in [2.24, 2.45) is 0 Å². The molecular formula is C19H26N8O3S. The van der Waals surface area contributed by atoms with Crippen molar-refractivity contribution < 1.29 is 13.2 Å². The van der Waals surface area contributed by atoms with Crippen molar-refractivity contribution in [3.8, 4) is 11.3 Å². The lowest BCUT2D eigenvalue weighted by Crippen LogP contribution is -2.39. The summed E-state index contributed by atoms with van der Waals surface area (Å²) in [7, 11) is -3.20. The number of sulfonamides is 1. The Bertz CT molecular complexity index is 1070. The number of hydrogen-bond donors (Lipinski definition) is 1. The predicted molar refractivity (Wildman–Crippen MR) is 116 cm³/mol. The molecular weight excluding hydrogens is 420 g/mol.